The first-order valence-electron chi connectivity index (χ1n) is 8.82. The van der Waals surface area contributed by atoms with Gasteiger partial charge < -0.3 is 19.9 Å². The monoisotopic (exact) mass is 373 g/mol. The lowest BCUT2D eigenvalue weighted by Gasteiger charge is -2.20. The Morgan fingerprint density at radius 1 is 1.26 bits per heavy atom. The number of carbonyl (C=O) groups is 2. The summed E-state index contributed by atoms with van der Waals surface area (Å²) in [6.07, 6.45) is 4.17. The van der Waals surface area contributed by atoms with Crippen molar-refractivity contribution < 1.29 is 24.2 Å². The van der Waals surface area contributed by atoms with Gasteiger partial charge in [0.2, 0.25) is 0 Å². The van der Waals surface area contributed by atoms with Crippen molar-refractivity contribution in [1.29, 1.82) is 0 Å². The molecule has 1 unspecified atom stereocenters. The number of amides is 1. The molecule has 1 aromatic heterocycles. The Kier molecular flexibility index (Phi) is 5.63. The smallest absolute Gasteiger partial charge is 0.305 e. The van der Waals surface area contributed by atoms with Crippen LogP contribution in [0.3, 0.4) is 0 Å². The molecule has 1 atom stereocenters. The number of hydrogen-bond acceptors (Lipinski definition) is 5. The molecule has 2 heterocycles. The van der Waals surface area contributed by atoms with Crippen LogP contribution in [0.5, 0.6) is 11.5 Å². The normalized spacial score (nSPS) is 14.1. The van der Waals surface area contributed by atoms with Gasteiger partial charge in [-0.3, -0.25) is 14.3 Å². The van der Waals surface area contributed by atoms with E-state index in [4.69, 9.17) is 9.47 Å². The zero-order chi connectivity index (χ0) is 19.4. The van der Waals surface area contributed by atoms with E-state index in [9.17, 15) is 14.7 Å². The number of hydrogen-bond donors (Lipinski definition) is 2. The molecule has 0 aliphatic carbocycles. The standard InChI is InChI=1S/C19H23N3O5/c1-26-16-7-6-12(9-17(16)27-2)14(10-18(23)24)21-19(25)13-11-20-22-8-4-3-5-15(13)22/h6-7,9,11,14H,3-5,8,10H2,1-2H3,(H,21,25)(H,23,24). The fourth-order valence-corrected chi connectivity index (χ4v) is 3.34. The lowest BCUT2D eigenvalue weighted by atomic mass is 10.0. The Morgan fingerprint density at radius 2 is 2.04 bits per heavy atom. The lowest BCUT2D eigenvalue weighted by molar-refractivity contribution is -0.137. The topological polar surface area (TPSA) is 103 Å². The van der Waals surface area contributed by atoms with Gasteiger partial charge in [-0.25, -0.2) is 0 Å². The molecule has 1 aliphatic rings. The van der Waals surface area contributed by atoms with Crippen molar-refractivity contribution in [3.05, 3.63) is 41.2 Å². The number of carboxylic acids is 1. The first kappa shape index (κ1) is 18.8. The summed E-state index contributed by atoms with van der Waals surface area (Å²) >= 11 is 0. The van der Waals surface area contributed by atoms with E-state index in [0.29, 0.717) is 22.6 Å². The number of rotatable bonds is 7. The number of carboxylic acid groups (broad SMARTS) is 1. The number of aryl methyl sites for hydroxylation is 1. The van der Waals surface area contributed by atoms with Gasteiger partial charge in [0.05, 0.1) is 44.1 Å². The van der Waals surface area contributed by atoms with E-state index in [-0.39, 0.29) is 12.3 Å². The molecule has 2 aromatic rings. The van der Waals surface area contributed by atoms with Gasteiger partial charge in [-0.2, -0.15) is 5.10 Å². The predicted molar refractivity (Wildman–Crippen MR) is 97.2 cm³/mol. The summed E-state index contributed by atoms with van der Waals surface area (Å²) < 4.78 is 12.3. The van der Waals surface area contributed by atoms with E-state index in [1.807, 2.05) is 4.68 Å². The van der Waals surface area contributed by atoms with E-state index >= 15 is 0 Å². The van der Waals surface area contributed by atoms with Crippen LogP contribution in [0.1, 0.15) is 46.9 Å². The molecule has 0 fully saturated rings. The second-order valence-corrected chi connectivity index (χ2v) is 6.42. The third-order valence-corrected chi connectivity index (χ3v) is 4.72. The Bertz CT molecular complexity index is 846. The maximum atomic E-state index is 12.8. The van der Waals surface area contributed by atoms with Gasteiger partial charge in [0.1, 0.15) is 0 Å². The first-order valence-corrected chi connectivity index (χ1v) is 8.82. The van der Waals surface area contributed by atoms with E-state index < -0.39 is 12.0 Å². The SMILES string of the molecule is COc1ccc(C(CC(=O)O)NC(=O)c2cnn3c2CCCC3)cc1OC. The number of aliphatic carboxylic acids is 1. The number of nitrogens with zero attached hydrogens (tertiary/aromatic N) is 2. The van der Waals surface area contributed by atoms with Gasteiger partial charge in [-0.05, 0) is 37.0 Å². The molecule has 2 N–H and O–H groups in total. The van der Waals surface area contributed by atoms with E-state index in [1.165, 1.54) is 14.2 Å². The molecule has 8 heteroatoms. The molecule has 27 heavy (non-hydrogen) atoms. The van der Waals surface area contributed by atoms with Gasteiger partial charge in [0, 0.05) is 6.54 Å². The maximum Gasteiger partial charge on any atom is 0.305 e. The number of fused-ring (bicyclic) bond motifs is 1. The minimum absolute atomic E-state index is 0.245. The summed E-state index contributed by atoms with van der Waals surface area (Å²) in [7, 11) is 3.03. The molecule has 1 amide bonds. The fraction of sp³-hybridized carbons (Fsp3) is 0.421. The van der Waals surface area contributed by atoms with Gasteiger partial charge in [-0.1, -0.05) is 6.07 Å². The van der Waals surface area contributed by atoms with Gasteiger partial charge in [-0.15, -0.1) is 0 Å². The average Bonchev–Trinajstić information content (AvgIpc) is 3.10. The zero-order valence-corrected chi connectivity index (χ0v) is 15.4. The van der Waals surface area contributed by atoms with Crippen molar-refractivity contribution in [2.75, 3.05) is 14.2 Å². The maximum absolute atomic E-state index is 12.8. The van der Waals surface area contributed by atoms with Crippen LogP contribution in [0.15, 0.2) is 24.4 Å². The first-order chi connectivity index (χ1) is 13.0. The highest BCUT2D eigenvalue weighted by atomic mass is 16.5. The summed E-state index contributed by atoms with van der Waals surface area (Å²) in [5.41, 5.74) is 2.04. The van der Waals surface area contributed by atoms with Crippen LogP contribution < -0.4 is 14.8 Å². The number of benzene rings is 1. The number of ether oxygens (including phenoxy) is 2. The number of carbonyl (C=O) groups excluding carboxylic acids is 1. The molecular formula is C19H23N3O5. The van der Waals surface area contributed by atoms with Crippen LogP contribution in [0, 0.1) is 0 Å². The van der Waals surface area contributed by atoms with E-state index in [1.54, 1.807) is 24.4 Å². The Hall–Kier alpha value is -3.03. The molecule has 144 valence electrons. The lowest BCUT2D eigenvalue weighted by Crippen LogP contribution is -2.31. The minimum Gasteiger partial charge on any atom is -0.493 e. The molecular weight excluding hydrogens is 350 g/mol. The van der Waals surface area contributed by atoms with Crippen molar-refractivity contribution in [1.82, 2.24) is 15.1 Å². The van der Waals surface area contributed by atoms with Crippen molar-refractivity contribution in [2.24, 2.45) is 0 Å². The van der Waals surface area contributed by atoms with Crippen LogP contribution >= 0.6 is 0 Å². The molecule has 1 aromatic carbocycles. The Labute approximate surface area is 157 Å². The van der Waals surface area contributed by atoms with Crippen LogP contribution in [-0.2, 0) is 17.8 Å². The quantitative estimate of drug-likeness (QED) is 0.771. The van der Waals surface area contributed by atoms with Gasteiger partial charge >= 0.3 is 5.97 Å². The highest BCUT2D eigenvalue weighted by Crippen LogP contribution is 2.31. The summed E-state index contributed by atoms with van der Waals surface area (Å²) in [6, 6.07) is 4.40. The van der Waals surface area contributed by atoms with Gasteiger partial charge in [0.25, 0.3) is 5.91 Å². The minimum atomic E-state index is -1.01. The molecule has 1 aliphatic heterocycles. The second kappa shape index (κ2) is 8.11. The third kappa shape index (κ3) is 4.05. The van der Waals surface area contributed by atoms with Gasteiger partial charge in [0.15, 0.2) is 11.5 Å². The molecule has 0 radical (unpaired) electrons. The summed E-state index contributed by atoms with van der Waals surface area (Å²) in [5, 5.41) is 16.4. The third-order valence-electron chi connectivity index (χ3n) is 4.72. The molecule has 0 saturated heterocycles. The molecule has 3 rings (SSSR count). The van der Waals surface area contributed by atoms with Crippen LogP contribution in [0.25, 0.3) is 0 Å². The summed E-state index contributed by atoms with van der Waals surface area (Å²) in [6.45, 7) is 0.802. The number of nitrogens with one attached hydrogen (secondary N) is 1. The zero-order valence-electron chi connectivity index (χ0n) is 15.4. The summed E-state index contributed by atoms with van der Waals surface area (Å²) in [4.78, 5) is 24.1. The second-order valence-electron chi connectivity index (χ2n) is 6.42. The highest BCUT2D eigenvalue weighted by Gasteiger charge is 2.24. The molecule has 0 bridgehead atoms. The van der Waals surface area contributed by atoms with Crippen molar-refractivity contribution in [2.45, 2.75) is 38.3 Å². The predicted octanol–water partition coefficient (Wildman–Crippen LogP) is 2.18. The van der Waals surface area contributed by atoms with Crippen LogP contribution in [0.4, 0.5) is 0 Å². The summed E-state index contributed by atoms with van der Waals surface area (Å²) in [5.74, 6) is -0.318. The largest absolute Gasteiger partial charge is 0.493 e. The average molecular weight is 373 g/mol. The van der Waals surface area contributed by atoms with Crippen LogP contribution in [0.2, 0.25) is 0 Å². The van der Waals surface area contributed by atoms with Crippen molar-refractivity contribution >= 4 is 11.9 Å². The van der Waals surface area contributed by atoms with Crippen LogP contribution in [-0.4, -0.2) is 41.0 Å². The molecule has 8 nitrogen and oxygen atoms in total. The Balaban J connectivity index is 1.86. The fourth-order valence-electron chi connectivity index (χ4n) is 3.34. The van der Waals surface area contributed by atoms with E-state index in [2.05, 4.69) is 10.4 Å². The molecule has 0 saturated carbocycles. The van der Waals surface area contributed by atoms with Crippen molar-refractivity contribution in [3.8, 4) is 11.5 Å². The number of aromatic nitrogens is 2. The highest BCUT2D eigenvalue weighted by molar-refractivity contribution is 5.95. The van der Waals surface area contributed by atoms with Crippen molar-refractivity contribution in [3.63, 3.8) is 0 Å². The number of methoxy groups -OCH3 is 2. The van der Waals surface area contributed by atoms with E-state index in [0.717, 1.165) is 31.5 Å². The Morgan fingerprint density at radius 3 is 2.74 bits per heavy atom. The molecule has 0 spiro atoms.